The lowest BCUT2D eigenvalue weighted by Crippen LogP contribution is -2.31. The topological polar surface area (TPSA) is 81.2 Å². The standard InChI is InChI=1S/C12H19N3O2/c1-8(12(2,3)4)14-10-7-5-6-9(13)11(10)15(16)17/h5-8,14H,13H2,1-4H3. The lowest BCUT2D eigenvalue weighted by Gasteiger charge is -2.28. The summed E-state index contributed by atoms with van der Waals surface area (Å²) in [7, 11) is 0. The van der Waals surface area contributed by atoms with E-state index >= 15 is 0 Å². The molecule has 0 bridgehead atoms. The summed E-state index contributed by atoms with van der Waals surface area (Å²) < 4.78 is 0. The molecule has 0 aromatic heterocycles. The summed E-state index contributed by atoms with van der Waals surface area (Å²) in [6.45, 7) is 8.21. The molecular weight excluding hydrogens is 218 g/mol. The van der Waals surface area contributed by atoms with Gasteiger partial charge >= 0.3 is 5.69 Å². The second-order valence-corrected chi connectivity index (χ2v) is 5.23. The van der Waals surface area contributed by atoms with E-state index in [1.165, 1.54) is 6.07 Å². The van der Waals surface area contributed by atoms with E-state index in [2.05, 4.69) is 26.1 Å². The van der Waals surface area contributed by atoms with Gasteiger partial charge in [-0.3, -0.25) is 10.1 Å². The normalized spacial score (nSPS) is 13.2. The smallest absolute Gasteiger partial charge is 0.314 e. The van der Waals surface area contributed by atoms with Crippen LogP contribution < -0.4 is 11.1 Å². The number of nitrogens with one attached hydrogen (secondary N) is 1. The second kappa shape index (κ2) is 4.61. The van der Waals surface area contributed by atoms with E-state index in [-0.39, 0.29) is 22.8 Å². The first kappa shape index (κ1) is 13.3. The van der Waals surface area contributed by atoms with Crippen LogP contribution in [0.1, 0.15) is 27.7 Å². The molecule has 1 atom stereocenters. The van der Waals surface area contributed by atoms with Crippen LogP contribution in [0.4, 0.5) is 17.1 Å². The molecule has 0 aliphatic carbocycles. The van der Waals surface area contributed by atoms with Crippen LogP contribution in [0.3, 0.4) is 0 Å². The van der Waals surface area contributed by atoms with Gasteiger partial charge in [-0.05, 0) is 24.5 Å². The maximum atomic E-state index is 11.0. The van der Waals surface area contributed by atoms with Crippen LogP contribution in [0.2, 0.25) is 0 Å². The first-order valence-electron chi connectivity index (χ1n) is 5.53. The number of rotatable bonds is 3. The van der Waals surface area contributed by atoms with Gasteiger partial charge in [-0.25, -0.2) is 0 Å². The van der Waals surface area contributed by atoms with E-state index in [0.717, 1.165) is 0 Å². The fraction of sp³-hybridized carbons (Fsp3) is 0.500. The Kier molecular flexibility index (Phi) is 3.60. The van der Waals surface area contributed by atoms with Gasteiger partial charge in [0, 0.05) is 6.04 Å². The Bertz CT molecular complexity index is 424. The number of nitrogens with zero attached hydrogens (tertiary/aromatic N) is 1. The van der Waals surface area contributed by atoms with Gasteiger partial charge in [0.15, 0.2) is 0 Å². The predicted molar refractivity (Wildman–Crippen MR) is 70.0 cm³/mol. The summed E-state index contributed by atoms with van der Waals surface area (Å²) in [5.41, 5.74) is 6.24. The number of nitro groups is 1. The number of hydrogen-bond acceptors (Lipinski definition) is 4. The van der Waals surface area contributed by atoms with E-state index in [9.17, 15) is 10.1 Å². The molecule has 1 rings (SSSR count). The van der Waals surface area contributed by atoms with Crippen molar-refractivity contribution in [3.8, 4) is 0 Å². The first-order valence-corrected chi connectivity index (χ1v) is 5.53. The fourth-order valence-corrected chi connectivity index (χ4v) is 1.33. The van der Waals surface area contributed by atoms with Gasteiger partial charge in [-0.2, -0.15) is 0 Å². The van der Waals surface area contributed by atoms with E-state index < -0.39 is 4.92 Å². The van der Waals surface area contributed by atoms with E-state index in [0.29, 0.717) is 5.69 Å². The summed E-state index contributed by atoms with van der Waals surface area (Å²) in [4.78, 5) is 10.5. The number of para-hydroxylation sites is 1. The van der Waals surface area contributed by atoms with Gasteiger partial charge in [0.2, 0.25) is 0 Å². The number of anilines is 2. The fourth-order valence-electron chi connectivity index (χ4n) is 1.33. The Morgan fingerprint density at radius 2 is 2.00 bits per heavy atom. The molecule has 0 amide bonds. The van der Waals surface area contributed by atoms with Crippen molar-refractivity contribution in [1.82, 2.24) is 0 Å². The molecule has 1 aromatic carbocycles. The molecule has 0 saturated carbocycles. The van der Waals surface area contributed by atoms with Crippen molar-refractivity contribution < 1.29 is 4.92 Å². The van der Waals surface area contributed by atoms with Crippen molar-refractivity contribution >= 4 is 17.1 Å². The molecule has 0 aliphatic heterocycles. The zero-order valence-electron chi connectivity index (χ0n) is 10.7. The molecule has 94 valence electrons. The molecule has 5 nitrogen and oxygen atoms in total. The molecule has 0 radical (unpaired) electrons. The Hall–Kier alpha value is -1.78. The van der Waals surface area contributed by atoms with Crippen molar-refractivity contribution in [2.24, 2.45) is 5.41 Å². The lowest BCUT2D eigenvalue weighted by molar-refractivity contribution is -0.383. The summed E-state index contributed by atoms with van der Waals surface area (Å²) in [6.07, 6.45) is 0. The molecule has 17 heavy (non-hydrogen) atoms. The molecular formula is C12H19N3O2. The minimum absolute atomic E-state index is 0.0124. The van der Waals surface area contributed by atoms with Crippen LogP contribution >= 0.6 is 0 Å². The minimum atomic E-state index is -0.451. The molecule has 0 heterocycles. The Morgan fingerprint density at radius 3 is 2.47 bits per heavy atom. The molecule has 3 N–H and O–H groups in total. The van der Waals surface area contributed by atoms with Crippen molar-refractivity contribution in [3.63, 3.8) is 0 Å². The van der Waals surface area contributed by atoms with Gasteiger partial charge in [0.05, 0.1) is 4.92 Å². The first-order chi connectivity index (χ1) is 7.73. The molecule has 0 saturated heterocycles. The number of hydrogen-bond donors (Lipinski definition) is 2. The highest BCUT2D eigenvalue weighted by Gasteiger charge is 2.24. The van der Waals surface area contributed by atoms with E-state index in [1.807, 2.05) is 6.92 Å². The van der Waals surface area contributed by atoms with Crippen LogP contribution in [0.5, 0.6) is 0 Å². The van der Waals surface area contributed by atoms with Crippen LogP contribution in [0.25, 0.3) is 0 Å². The Balaban J connectivity index is 3.07. The summed E-state index contributed by atoms with van der Waals surface area (Å²) in [5, 5.41) is 14.1. The van der Waals surface area contributed by atoms with Gasteiger partial charge in [0.1, 0.15) is 11.4 Å². The highest BCUT2D eigenvalue weighted by atomic mass is 16.6. The average molecular weight is 237 g/mol. The minimum Gasteiger partial charge on any atom is -0.393 e. The zero-order valence-corrected chi connectivity index (χ0v) is 10.7. The molecule has 5 heteroatoms. The Morgan fingerprint density at radius 1 is 1.41 bits per heavy atom. The van der Waals surface area contributed by atoms with Crippen molar-refractivity contribution in [3.05, 3.63) is 28.3 Å². The van der Waals surface area contributed by atoms with Crippen molar-refractivity contribution in [1.29, 1.82) is 0 Å². The van der Waals surface area contributed by atoms with Gasteiger partial charge in [-0.15, -0.1) is 0 Å². The zero-order chi connectivity index (χ0) is 13.2. The quantitative estimate of drug-likeness (QED) is 0.481. The highest BCUT2D eigenvalue weighted by molar-refractivity contribution is 5.74. The van der Waals surface area contributed by atoms with Crippen LogP contribution in [-0.4, -0.2) is 11.0 Å². The summed E-state index contributed by atoms with van der Waals surface area (Å²) in [5.74, 6) is 0. The van der Waals surface area contributed by atoms with Gasteiger partial charge < -0.3 is 11.1 Å². The highest BCUT2D eigenvalue weighted by Crippen LogP contribution is 2.33. The summed E-state index contributed by atoms with van der Waals surface area (Å²) >= 11 is 0. The largest absolute Gasteiger partial charge is 0.393 e. The van der Waals surface area contributed by atoms with E-state index in [1.54, 1.807) is 12.1 Å². The Labute approximate surface area is 101 Å². The lowest BCUT2D eigenvalue weighted by atomic mass is 9.88. The molecule has 0 fully saturated rings. The van der Waals surface area contributed by atoms with Crippen molar-refractivity contribution in [2.75, 3.05) is 11.1 Å². The monoisotopic (exact) mass is 237 g/mol. The van der Waals surface area contributed by atoms with Gasteiger partial charge in [0.25, 0.3) is 0 Å². The number of benzene rings is 1. The van der Waals surface area contributed by atoms with Crippen LogP contribution in [0.15, 0.2) is 18.2 Å². The molecule has 0 aliphatic rings. The molecule has 1 unspecified atom stereocenters. The van der Waals surface area contributed by atoms with E-state index in [4.69, 9.17) is 5.73 Å². The average Bonchev–Trinajstić information content (AvgIpc) is 2.15. The number of nitro benzene ring substituents is 1. The SMILES string of the molecule is CC(Nc1cccc(N)c1[N+](=O)[O-])C(C)(C)C. The summed E-state index contributed by atoms with van der Waals surface area (Å²) in [6, 6.07) is 5.02. The third-order valence-corrected chi connectivity index (χ3v) is 2.92. The predicted octanol–water partition coefficient (Wildman–Crippen LogP) is 3.02. The molecule has 1 aromatic rings. The maximum Gasteiger partial charge on any atom is 0.314 e. The maximum absolute atomic E-state index is 11.0. The third-order valence-electron chi connectivity index (χ3n) is 2.92. The number of nitrogen functional groups attached to an aromatic ring is 1. The second-order valence-electron chi connectivity index (χ2n) is 5.23. The van der Waals surface area contributed by atoms with Crippen LogP contribution in [-0.2, 0) is 0 Å². The number of nitrogens with two attached hydrogens (primary N) is 1. The van der Waals surface area contributed by atoms with Crippen LogP contribution in [0, 0.1) is 15.5 Å². The third kappa shape index (κ3) is 3.09. The van der Waals surface area contributed by atoms with Crippen molar-refractivity contribution in [2.45, 2.75) is 33.7 Å². The van der Waals surface area contributed by atoms with Gasteiger partial charge in [-0.1, -0.05) is 26.8 Å². The molecule has 0 spiro atoms.